The molecule has 5 rings (SSSR count). The van der Waals surface area contributed by atoms with Crippen molar-refractivity contribution in [2.24, 2.45) is 22.7 Å². The van der Waals surface area contributed by atoms with E-state index in [-0.39, 0.29) is 17.2 Å². The molecule has 3 N–H and O–H groups in total. The molecule has 5 heteroatoms. The summed E-state index contributed by atoms with van der Waals surface area (Å²) in [6.07, 6.45) is 6.44. The van der Waals surface area contributed by atoms with Crippen LogP contribution in [-0.2, 0) is 9.59 Å². The molecule has 28 heavy (non-hydrogen) atoms. The summed E-state index contributed by atoms with van der Waals surface area (Å²) >= 11 is 0. The van der Waals surface area contributed by atoms with Crippen molar-refractivity contribution in [3.8, 4) is 0 Å². The second-order valence-electron chi connectivity index (χ2n) is 10.7. The lowest BCUT2D eigenvalue weighted by atomic mass is 9.47. The summed E-state index contributed by atoms with van der Waals surface area (Å²) in [6.45, 7) is 5.61. The number of rotatable bonds is 4. The van der Waals surface area contributed by atoms with E-state index in [9.17, 15) is 14.7 Å². The molecular formula is C23H32N2O3. The number of benzene rings is 1. The highest BCUT2D eigenvalue weighted by molar-refractivity contribution is 5.96. The smallest absolute Gasteiger partial charge is 0.229 e. The number of anilines is 2. The molecule has 0 heterocycles. The van der Waals surface area contributed by atoms with Crippen LogP contribution in [-0.4, -0.2) is 22.5 Å². The Hall–Kier alpha value is -1.88. The molecule has 0 aromatic heterocycles. The van der Waals surface area contributed by atoms with Gasteiger partial charge in [0.2, 0.25) is 11.8 Å². The predicted molar refractivity (Wildman–Crippen MR) is 110 cm³/mol. The van der Waals surface area contributed by atoms with E-state index in [1.807, 2.05) is 39.0 Å². The van der Waals surface area contributed by atoms with Crippen molar-refractivity contribution >= 4 is 23.2 Å². The van der Waals surface area contributed by atoms with Gasteiger partial charge >= 0.3 is 0 Å². The van der Waals surface area contributed by atoms with Gasteiger partial charge in [-0.25, -0.2) is 0 Å². The average molecular weight is 385 g/mol. The van der Waals surface area contributed by atoms with Crippen LogP contribution in [0.15, 0.2) is 24.3 Å². The molecule has 0 aliphatic heterocycles. The SMILES string of the molecule is CC(C)(C)C(=O)Nc1cccc(NC(=O)CC23C[C@H]4C[C@@H](CC(O)(C4)C2)C3)c1. The first kappa shape index (κ1) is 19.4. The van der Waals surface area contributed by atoms with Crippen LogP contribution >= 0.6 is 0 Å². The molecule has 2 amide bonds. The van der Waals surface area contributed by atoms with Crippen LogP contribution in [0.25, 0.3) is 0 Å². The summed E-state index contributed by atoms with van der Waals surface area (Å²) in [6, 6.07) is 7.31. The second kappa shape index (κ2) is 6.58. The Kier molecular flexibility index (Phi) is 4.57. The maximum Gasteiger partial charge on any atom is 0.229 e. The first-order chi connectivity index (χ1) is 13.0. The highest BCUT2D eigenvalue weighted by Gasteiger charge is 2.57. The fourth-order valence-electron chi connectivity index (χ4n) is 6.15. The summed E-state index contributed by atoms with van der Waals surface area (Å²) in [5, 5.41) is 16.8. The van der Waals surface area contributed by atoms with E-state index in [1.54, 1.807) is 6.07 Å². The molecule has 4 bridgehead atoms. The zero-order valence-electron chi connectivity index (χ0n) is 17.2. The highest BCUT2D eigenvalue weighted by Crippen LogP contribution is 2.62. The van der Waals surface area contributed by atoms with E-state index in [2.05, 4.69) is 10.6 Å². The zero-order chi connectivity index (χ0) is 20.2. The third-order valence-corrected chi connectivity index (χ3v) is 6.77. The molecule has 4 fully saturated rings. The van der Waals surface area contributed by atoms with Gasteiger partial charge in [0.15, 0.2) is 0 Å². The highest BCUT2D eigenvalue weighted by atomic mass is 16.3. The second-order valence-corrected chi connectivity index (χ2v) is 10.7. The Morgan fingerprint density at radius 3 is 2.25 bits per heavy atom. The number of carbonyl (C=O) groups excluding carboxylic acids is 2. The minimum absolute atomic E-state index is 0.00449. The fourth-order valence-corrected chi connectivity index (χ4v) is 6.15. The molecule has 4 saturated carbocycles. The van der Waals surface area contributed by atoms with Crippen molar-refractivity contribution in [1.82, 2.24) is 0 Å². The summed E-state index contributed by atoms with van der Waals surface area (Å²) in [7, 11) is 0. The maximum absolute atomic E-state index is 12.8. The molecule has 0 spiro atoms. The number of nitrogens with one attached hydrogen (secondary N) is 2. The van der Waals surface area contributed by atoms with Crippen LogP contribution in [0.3, 0.4) is 0 Å². The Labute approximate surface area is 167 Å². The van der Waals surface area contributed by atoms with Gasteiger partial charge in [0.25, 0.3) is 0 Å². The Bertz CT molecular complexity index is 781. The van der Waals surface area contributed by atoms with Crippen molar-refractivity contribution in [3.63, 3.8) is 0 Å². The molecule has 4 aliphatic carbocycles. The van der Waals surface area contributed by atoms with Crippen LogP contribution in [0.4, 0.5) is 11.4 Å². The number of hydrogen-bond donors (Lipinski definition) is 3. The van der Waals surface area contributed by atoms with Gasteiger partial charge in [-0.15, -0.1) is 0 Å². The minimum Gasteiger partial charge on any atom is -0.390 e. The van der Waals surface area contributed by atoms with Crippen molar-refractivity contribution in [3.05, 3.63) is 24.3 Å². The lowest BCUT2D eigenvalue weighted by Gasteiger charge is -2.60. The van der Waals surface area contributed by atoms with Gasteiger partial charge in [0, 0.05) is 23.2 Å². The van der Waals surface area contributed by atoms with Gasteiger partial charge in [-0.1, -0.05) is 26.8 Å². The molecule has 0 saturated heterocycles. The normalized spacial score (nSPS) is 33.6. The summed E-state index contributed by atoms with van der Waals surface area (Å²) in [5.41, 5.74) is 0.322. The lowest BCUT2D eigenvalue weighted by molar-refractivity contribution is -0.167. The number of hydrogen-bond acceptors (Lipinski definition) is 3. The quantitative estimate of drug-likeness (QED) is 0.723. The van der Waals surface area contributed by atoms with Crippen molar-refractivity contribution in [2.45, 2.75) is 71.3 Å². The van der Waals surface area contributed by atoms with Gasteiger partial charge in [-0.05, 0) is 74.0 Å². The van der Waals surface area contributed by atoms with Crippen LogP contribution < -0.4 is 10.6 Å². The lowest BCUT2D eigenvalue weighted by Crippen LogP contribution is -2.56. The first-order valence-electron chi connectivity index (χ1n) is 10.5. The molecule has 0 radical (unpaired) electrons. The van der Waals surface area contributed by atoms with E-state index >= 15 is 0 Å². The summed E-state index contributed by atoms with van der Waals surface area (Å²) < 4.78 is 0. The van der Waals surface area contributed by atoms with E-state index < -0.39 is 11.0 Å². The third-order valence-electron chi connectivity index (χ3n) is 6.77. The molecule has 1 aromatic carbocycles. The van der Waals surface area contributed by atoms with E-state index in [4.69, 9.17) is 0 Å². The van der Waals surface area contributed by atoms with Gasteiger partial charge < -0.3 is 15.7 Å². The predicted octanol–water partition coefficient (Wildman–Crippen LogP) is 4.33. The van der Waals surface area contributed by atoms with Crippen molar-refractivity contribution in [1.29, 1.82) is 0 Å². The van der Waals surface area contributed by atoms with Crippen LogP contribution in [0.2, 0.25) is 0 Å². The van der Waals surface area contributed by atoms with Gasteiger partial charge in [0.05, 0.1) is 5.60 Å². The largest absolute Gasteiger partial charge is 0.390 e. The van der Waals surface area contributed by atoms with Gasteiger partial charge in [-0.3, -0.25) is 9.59 Å². The average Bonchev–Trinajstić information content (AvgIpc) is 2.50. The first-order valence-corrected chi connectivity index (χ1v) is 10.5. The fraction of sp³-hybridized carbons (Fsp3) is 0.652. The van der Waals surface area contributed by atoms with E-state index in [0.29, 0.717) is 29.6 Å². The Morgan fingerprint density at radius 2 is 1.68 bits per heavy atom. The number of carbonyl (C=O) groups is 2. The Morgan fingerprint density at radius 1 is 1.07 bits per heavy atom. The van der Waals surface area contributed by atoms with E-state index in [1.165, 1.54) is 6.42 Å². The summed E-state index contributed by atoms with van der Waals surface area (Å²) in [4.78, 5) is 25.0. The molecular weight excluding hydrogens is 352 g/mol. The van der Waals surface area contributed by atoms with Crippen LogP contribution in [0.1, 0.15) is 65.7 Å². The molecule has 2 atom stereocenters. The van der Waals surface area contributed by atoms with Crippen molar-refractivity contribution in [2.75, 3.05) is 10.6 Å². The molecule has 0 unspecified atom stereocenters. The van der Waals surface area contributed by atoms with Gasteiger partial charge in [0.1, 0.15) is 0 Å². The standard InChI is InChI=1S/C23H32N2O3/c1-21(2,3)20(27)25-18-6-4-5-17(8-18)24-19(26)13-22-9-15-7-16(10-22)12-23(28,11-15)14-22/h4-6,8,15-16,28H,7,9-14H2,1-3H3,(H,24,26)(H,25,27)/t15-,16-,22?,23?/m1/s1. The number of aliphatic hydroxyl groups is 1. The minimum atomic E-state index is -0.540. The summed E-state index contributed by atoms with van der Waals surface area (Å²) in [5.74, 6) is 1.10. The van der Waals surface area contributed by atoms with Crippen LogP contribution in [0.5, 0.6) is 0 Å². The van der Waals surface area contributed by atoms with Gasteiger partial charge in [-0.2, -0.15) is 0 Å². The van der Waals surface area contributed by atoms with E-state index in [0.717, 1.165) is 32.1 Å². The molecule has 152 valence electrons. The zero-order valence-corrected chi connectivity index (χ0v) is 17.2. The van der Waals surface area contributed by atoms with Crippen LogP contribution in [0, 0.1) is 22.7 Å². The third kappa shape index (κ3) is 3.95. The monoisotopic (exact) mass is 384 g/mol. The maximum atomic E-state index is 12.8. The number of amides is 2. The molecule has 4 aliphatic rings. The molecule has 1 aromatic rings. The Balaban J connectivity index is 1.41. The topological polar surface area (TPSA) is 78.4 Å². The molecule has 5 nitrogen and oxygen atoms in total. The van der Waals surface area contributed by atoms with Crippen molar-refractivity contribution < 1.29 is 14.7 Å².